The van der Waals surface area contributed by atoms with Gasteiger partial charge in [0.15, 0.2) is 11.2 Å². The van der Waals surface area contributed by atoms with E-state index in [4.69, 9.17) is 51.5 Å². The number of fused-ring (bicyclic) bond motifs is 3. The second-order valence-corrected chi connectivity index (χ2v) is 21.9. The summed E-state index contributed by atoms with van der Waals surface area (Å²) < 4.78 is 31.2. The lowest BCUT2D eigenvalue weighted by Crippen LogP contribution is -2.54. The minimum atomic E-state index is -0.640. The van der Waals surface area contributed by atoms with Crippen LogP contribution < -0.4 is 42.0 Å². The van der Waals surface area contributed by atoms with Gasteiger partial charge in [0.05, 0.1) is 30.5 Å². The molecule has 398 valence electrons. The summed E-state index contributed by atoms with van der Waals surface area (Å²) in [6.07, 6.45) is 0. The van der Waals surface area contributed by atoms with Crippen LogP contribution in [0.3, 0.4) is 0 Å². The molecule has 0 aliphatic heterocycles. The zero-order chi connectivity index (χ0) is 56.4. The van der Waals surface area contributed by atoms with Gasteiger partial charge in [0, 0.05) is 43.3 Å². The molecule has 0 bridgehead atoms. The van der Waals surface area contributed by atoms with Crippen molar-refractivity contribution in [2.75, 3.05) is 13.2 Å². The Morgan fingerprint density at radius 3 is 1.35 bits per heavy atom. The number of hydrogen-bond acceptors (Lipinski definition) is 7. The average molecular weight is 1110 g/mol. The summed E-state index contributed by atoms with van der Waals surface area (Å²) >= 11 is 13.3. The van der Waals surface area contributed by atoms with Gasteiger partial charge in [0.1, 0.15) is 34.2 Å². The van der Waals surface area contributed by atoms with Crippen LogP contribution in [0.25, 0.3) is 71.6 Å². The van der Waals surface area contributed by atoms with Crippen molar-refractivity contribution < 1.29 is 18.3 Å². The quantitative estimate of drug-likeness (QED) is 0.0700. The number of rotatable bonds is 16. The molecule has 0 saturated carbocycles. The van der Waals surface area contributed by atoms with Crippen molar-refractivity contribution in [2.24, 2.45) is 11.8 Å². The highest BCUT2D eigenvalue weighted by molar-refractivity contribution is 6.85. The zero-order valence-corrected chi connectivity index (χ0v) is 46.9. The molecule has 10 nitrogen and oxygen atoms in total. The number of benzene rings is 8. The molecule has 0 radical (unpaired) electrons. The molecule has 0 unspecified atom stereocenters. The first-order valence-electron chi connectivity index (χ1n) is 27.2. The monoisotopic (exact) mass is 1110 g/mol. The minimum Gasteiger partial charge on any atom is -0.493 e. The number of oxazole rings is 2. The summed E-state index contributed by atoms with van der Waals surface area (Å²) in [6, 6.07) is 70.3. The average Bonchev–Trinajstić information content (AvgIpc) is 2.67. The minimum absolute atomic E-state index is 0.0722. The Labute approximate surface area is 485 Å². The Balaban J connectivity index is 1.44. The van der Waals surface area contributed by atoms with E-state index in [9.17, 15) is 11.8 Å². The summed E-state index contributed by atoms with van der Waals surface area (Å²) in [5.74, 6) is 1.87. The molecule has 8 aromatic carbocycles. The molecule has 0 amide bonds. The Morgan fingerprint density at radius 2 is 0.939 bits per heavy atom. The Morgan fingerprint density at radius 1 is 0.537 bits per heavy atom. The highest BCUT2D eigenvalue weighted by atomic mass is 35.5. The van der Waals surface area contributed by atoms with E-state index >= 15 is 0 Å². The molecule has 0 atom stereocenters. The van der Waals surface area contributed by atoms with Crippen LogP contribution in [0.4, 0.5) is 0 Å². The van der Waals surface area contributed by atoms with E-state index in [1.165, 1.54) is 0 Å². The number of nitrogens with zero attached hydrogens (tertiary/aromatic N) is 6. The molecule has 0 aliphatic rings. The van der Waals surface area contributed by atoms with Gasteiger partial charge in [0.2, 0.25) is 11.8 Å². The maximum Gasteiger partial charge on any atom is 0.328 e. The van der Waals surface area contributed by atoms with Gasteiger partial charge in [-0.15, -0.1) is 0 Å². The highest BCUT2D eigenvalue weighted by Gasteiger charge is 2.38. The third-order valence-corrected chi connectivity index (χ3v) is 14.8. The first kappa shape index (κ1) is 53.2. The topological polar surface area (TPSA) is 109 Å². The van der Waals surface area contributed by atoms with Crippen LogP contribution >= 0.6 is 23.2 Å². The van der Waals surface area contributed by atoms with Gasteiger partial charge in [-0.3, -0.25) is 0 Å². The van der Waals surface area contributed by atoms with Crippen molar-refractivity contribution in [3.63, 3.8) is 0 Å². The molecule has 4 aromatic heterocycles. The van der Waals surface area contributed by atoms with Gasteiger partial charge in [-0.05, 0) is 72.5 Å². The zero-order valence-electron chi connectivity index (χ0n) is 45.4. The standard InChI is InChI=1S/C68H52B2Cl2N6O4/c1-43(2)41-79-53-30-18-20-45(36-53)63-60-61(66(62(74-5)68-76-57-39-52(72)33-35-59(57)82-68)78(63)70(49-26-14-8-15-27-49)50-28-16-9-17-29-50)64(46-21-19-31-54(37-46)80-42-44(3)4)77(69(47-22-10-6-11-23-47)48-24-12-7-13-25-48)65(60)55(40-73)67-75-56-38-51(71)32-34-58(56)81-67/h6-39,43-44H,41-42H2,1-4H3/b65-55-,66-62+. The second-order valence-electron chi connectivity index (χ2n) is 21.0. The normalized spacial score (nSPS) is 12.2. The molecule has 4 heterocycles. The lowest BCUT2D eigenvalue weighted by molar-refractivity contribution is 0.271. The molecule has 12 rings (SSSR count). The first-order valence-corrected chi connectivity index (χ1v) is 28.0. The van der Waals surface area contributed by atoms with Gasteiger partial charge >= 0.3 is 13.7 Å². The van der Waals surface area contributed by atoms with Crippen LogP contribution in [0.15, 0.2) is 215 Å². The van der Waals surface area contributed by atoms with Gasteiger partial charge in [-0.2, -0.15) is 5.26 Å². The van der Waals surface area contributed by atoms with E-state index in [1.807, 2.05) is 109 Å². The third-order valence-electron chi connectivity index (χ3n) is 14.3. The fraction of sp³-hybridized carbons (Fsp3) is 0.118. The molecule has 82 heavy (non-hydrogen) atoms. The molecule has 0 fully saturated rings. The lowest BCUT2D eigenvalue weighted by atomic mass is 9.50. The Kier molecular flexibility index (Phi) is 14.9. The molecule has 12 aromatic rings. The largest absolute Gasteiger partial charge is 0.493 e. The number of halogens is 2. The summed E-state index contributed by atoms with van der Waals surface area (Å²) in [5.41, 5.74) is 8.54. The van der Waals surface area contributed by atoms with Crippen LogP contribution in [-0.2, 0) is 0 Å². The first-order chi connectivity index (χ1) is 40.1. The number of hydrogen-bond donors (Lipinski definition) is 0. The summed E-state index contributed by atoms with van der Waals surface area (Å²) in [5, 5.41) is 15.4. The summed E-state index contributed by atoms with van der Waals surface area (Å²) in [6.45, 7) is 17.7. The molecular formula is C68H52B2Cl2N6O4. The molecular weight excluding hydrogens is 1060 g/mol. The SMILES string of the molecule is [C-]#[N+]/C(c1nc2cc(Cl)ccc2o1)=c1\c2c(-c3cccc(OCC(C)C)c3)n(B(c3ccccc3)c3ccccc3)/c(=C(/C#N)c3nc4cc(Cl)ccc4o3)c2c(-c2cccc(OCC(C)C)c2)n1B(c1ccccc1)c1ccccc1. The van der Waals surface area contributed by atoms with Crippen molar-refractivity contribution in [1.82, 2.24) is 18.9 Å². The third kappa shape index (κ3) is 10.2. The summed E-state index contributed by atoms with van der Waals surface area (Å²) in [4.78, 5) is 14.7. The molecule has 0 spiro atoms. The van der Waals surface area contributed by atoms with Crippen molar-refractivity contribution in [2.45, 2.75) is 27.7 Å². The van der Waals surface area contributed by atoms with Crippen molar-refractivity contribution in [1.29, 1.82) is 5.26 Å². The predicted molar refractivity (Wildman–Crippen MR) is 333 cm³/mol. The van der Waals surface area contributed by atoms with Gasteiger partial charge in [-0.1, -0.05) is 218 Å². The van der Waals surface area contributed by atoms with Crippen LogP contribution in [0, 0.1) is 29.7 Å². The fourth-order valence-electron chi connectivity index (χ4n) is 10.9. The Bertz CT molecular complexity index is 4180. The van der Waals surface area contributed by atoms with Crippen LogP contribution in [-0.4, -0.2) is 45.8 Å². The second kappa shape index (κ2) is 23.0. The summed E-state index contributed by atoms with van der Waals surface area (Å²) in [7, 11) is 0. The van der Waals surface area contributed by atoms with Crippen LogP contribution in [0.2, 0.25) is 10.0 Å². The van der Waals surface area contributed by atoms with Crippen LogP contribution in [0.5, 0.6) is 11.5 Å². The van der Waals surface area contributed by atoms with Gasteiger partial charge in [-0.25, -0.2) is 14.8 Å². The lowest BCUT2D eigenvalue weighted by Gasteiger charge is -2.24. The maximum absolute atomic E-state index is 12.3. The molecule has 0 aliphatic carbocycles. The molecule has 0 saturated heterocycles. The number of nitriles is 1. The van der Waals surface area contributed by atoms with Crippen molar-refractivity contribution >= 4 is 103 Å². The van der Waals surface area contributed by atoms with E-state index in [-0.39, 0.29) is 34.9 Å². The molecule has 14 heteroatoms. The maximum atomic E-state index is 12.3. The number of ether oxygens (including phenoxy) is 2. The van der Waals surface area contributed by atoms with E-state index in [2.05, 4.69) is 108 Å². The smallest absolute Gasteiger partial charge is 0.328 e. The van der Waals surface area contributed by atoms with Crippen molar-refractivity contribution in [3.8, 4) is 40.1 Å². The number of aromatic nitrogens is 4. The van der Waals surface area contributed by atoms with Crippen LogP contribution in [0.1, 0.15) is 39.5 Å². The molecule has 0 N–H and O–H groups in total. The van der Waals surface area contributed by atoms with Gasteiger partial charge in [0.25, 0.3) is 5.70 Å². The van der Waals surface area contributed by atoms with E-state index < -0.39 is 13.7 Å². The predicted octanol–water partition coefficient (Wildman–Crippen LogP) is 12.5. The van der Waals surface area contributed by atoms with E-state index in [0.29, 0.717) is 89.8 Å². The Hall–Kier alpha value is -9.45. The van der Waals surface area contributed by atoms with E-state index in [1.54, 1.807) is 36.4 Å². The fourth-order valence-corrected chi connectivity index (χ4v) is 11.2. The van der Waals surface area contributed by atoms with E-state index in [0.717, 1.165) is 33.0 Å². The van der Waals surface area contributed by atoms with Gasteiger partial charge < -0.3 is 27.3 Å². The highest BCUT2D eigenvalue weighted by Crippen LogP contribution is 2.39. The van der Waals surface area contributed by atoms with Crippen molar-refractivity contribution in [3.05, 3.63) is 250 Å².